The Labute approximate surface area is 108 Å². The summed E-state index contributed by atoms with van der Waals surface area (Å²) >= 11 is 1.67. The van der Waals surface area contributed by atoms with Crippen molar-refractivity contribution in [2.24, 2.45) is 11.1 Å². The number of hydrogen-bond acceptors (Lipinski definition) is 3. The van der Waals surface area contributed by atoms with E-state index < -0.39 is 6.04 Å². The topological polar surface area (TPSA) is 46.3 Å². The molecule has 1 heterocycles. The van der Waals surface area contributed by atoms with E-state index in [0.29, 0.717) is 13.1 Å². The number of likely N-dealkylation sites (N-methyl/N-ethyl adjacent to an activating group) is 1. The molecule has 0 fully saturated rings. The Balaban J connectivity index is 2.71. The van der Waals surface area contributed by atoms with Crippen molar-refractivity contribution in [2.45, 2.75) is 40.3 Å². The lowest BCUT2D eigenvalue weighted by molar-refractivity contribution is -0.135. The molecular weight excluding hydrogens is 232 g/mol. The molecule has 0 aliphatic carbocycles. The van der Waals surface area contributed by atoms with Gasteiger partial charge in [0.1, 0.15) is 0 Å². The van der Waals surface area contributed by atoms with Gasteiger partial charge in [-0.15, -0.1) is 11.3 Å². The number of carbonyl (C=O) groups is 1. The van der Waals surface area contributed by atoms with E-state index in [9.17, 15) is 4.79 Å². The van der Waals surface area contributed by atoms with Crippen molar-refractivity contribution in [2.75, 3.05) is 6.54 Å². The fourth-order valence-corrected chi connectivity index (χ4v) is 2.22. The van der Waals surface area contributed by atoms with Gasteiger partial charge in [-0.2, -0.15) is 0 Å². The van der Waals surface area contributed by atoms with Crippen LogP contribution >= 0.6 is 11.3 Å². The number of nitrogens with two attached hydrogens (primary N) is 1. The normalized spacial score (nSPS) is 13.5. The van der Waals surface area contributed by atoms with E-state index in [0.717, 1.165) is 0 Å². The van der Waals surface area contributed by atoms with Crippen LogP contribution in [0.5, 0.6) is 0 Å². The number of nitrogens with zero attached hydrogens (tertiary/aromatic N) is 1. The van der Waals surface area contributed by atoms with Crippen LogP contribution in [0.4, 0.5) is 0 Å². The highest BCUT2D eigenvalue weighted by atomic mass is 32.1. The van der Waals surface area contributed by atoms with Crippen molar-refractivity contribution < 1.29 is 4.79 Å². The van der Waals surface area contributed by atoms with Gasteiger partial charge >= 0.3 is 0 Å². The predicted molar refractivity (Wildman–Crippen MR) is 72.8 cm³/mol. The Hall–Kier alpha value is -0.870. The van der Waals surface area contributed by atoms with Crippen LogP contribution in [-0.4, -0.2) is 23.4 Å². The standard InChI is InChI=1S/C13H22N2OS/c1-5-15(9-10-7-6-8-17-10)12(16)11(14)13(2,3)4/h6-8,11H,5,9,14H2,1-4H3/t11-/m1/s1. The van der Waals surface area contributed by atoms with Crippen molar-refractivity contribution in [1.82, 2.24) is 4.90 Å². The van der Waals surface area contributed by atoms with Crippen LogP contribution < -0.4 is 5.73 Å². The first-order valence-corrected chi connectivity index (χ1v) is 6.81. The van der Waals surface area contributed by atoms with E-state index in [4.69, 9.17) is 5.73 Å². The van der Waals surface area contributed by atoms with Gasteiger partial charge in [0.15, 0.2) is 0 Å². The zero-order valence-corrected chi connectivity index (χ0v) is 11.9. The first-order chi connectivity index (χ1) is 7.86. The first kappa shape index (κ1) is 14.2. The lowest BCUT2D eigenvalue weighted by atomic mass is 9.86. The van der Waals surface area contributed by atoms with Gasteiger partial charge in [-0.05, 0) is 23.8 Å². The highest BCUT2D eigenvalue weighted by Gasteiger charge is 2.30. The molecule has 96 valence electrons. The molecule has 3 nitrogen and oxygen atoms in total. The summed E-state index contributed by atoms with van der Waals surface area (Å²) in [7, 11) is 0. The smallest absolute Gasteiger partial charge is 0.240 e. The van der Waals surface area contributed by atoms with Gasteiger partial charge in [-0.3, -0.25) is 4.79 Å². The maximum absolute atomic E-state index is 12.3. The third-order valence-corrected chi connectivity index (χ3v) is 3.68. The van der Waals surface area contributed by atoms with E-state index in [1.807, 2.05) is 50.1 Å². The van der Waals surface area contributed by atoms with Crippen LogP contribution in [-0.2, 0) is 11.3 Å². The Morgan fingerprint density at radius 3 is 2.59 bits per heavy atom. The van der Waals surface area contributed by atoms with E-state index in [1.54, 1.807) is 11.3 Å². The second-order valence-corrected chi connectivity index (χ2v) is 6.31. The van der Waals surface area contributed by atoms with Crippen LogP contribution in [0.2, 0.25) is 0 Å². The average molecular weight is 254 g/mol. The van der Waals surface area contributed by atoms with Crippen LogP contribution in [0.1, 0.15) is 32.6 Å². The van der Waals surface area contributed by atoms with Crippen LogP contribution in [0, 0.1) is 5.41 Å². The third kappa shape index (κ3) is 3.82. The van der Waals surface area contributed by atoms with Crippen molar-refractivity contribution >= 4 is 17.2 Å². The van der Waals surface area contributed by atoms with Crippen molar-refractivity contribution in [3.63, 3.8) is 0 Å². The van der Waals surface area contributed by atoms with Crippen LogP contribution in [0.15, 0.2) is 17.5 Å². The van der Waals surface area contributed by atoms with Crippen LogP contribution in [0.3, 0.4) is 0 Å². The highest BCUT2D eigenvalue weighted by Crippen LogP contribution is 2.20. The molecule has 1 aromatic rings. The summed E-state index contributed by atoms with van der Waals surface area (Å²) in [4.78, 5) is 15.3. The minimum absolute atomic E-state index is 0.0356. The summed E-state index contributed by atoms with van der Waals surface area (Å²) in [5.41, 5.74) is 5.82. The largest absolute Gasteiger partial charge is 0.336 e. The molecule has 1 amide bonds. The molecule has 0 unspecified atom stereocenters. The second-order valence-electron chi connectivity index (χ2n) is 5.28. The zero-order chi connectivity index (χ0) is 13.1. The summed E-state index contributed by atoms with van der Waals surface area (Å²) in [5.74, 6) is 0.0356. The molecular formula is C13H22N2OS. The molecule has 0 bridgehead atoms. The average Bonchev–Trinajstić information content (AvgIpc) is 2.75. The second kappa shape index (κ2) is 5.65. The molecule has 0 radical (unpaired) electrons. The molecule has 0 aliphatic heterocycles. The Kier molecular flexibility index (Phi) is 4.71. The van der Waals surface area contributed by atoms with Crippen molar-refractivity contribution in [3.05, 3.63) is 22.4 Å². The molecule has 0 saturated carbocycles. The first-order valence-electron chi connectivity index (χ1n) is 5.93. The van der Waals surface area contributed by atoms with Gasteiger partial charge in [0.25, 0.3) is 0 Å². The highest BCUT2D eigenvalue weighted by molar-refractivity contribution is 7.09. The summed E-state index contributed by atoms with van der Waals surface area (Å²) in [6.45, 7) is 9.33. The molecule has 2 N–H and O–H groups in total. The van der Waals surface area contributed by atoms with E-state index in [2.05, 4.69) is 0 Å². The molecule has 1 aromatic heterocycles. The maximum atomic E-state index is 12.3. The molecule has 0 aliphatic rings. The molecule has 1 rings (SSSR count). The van der Waals surface area contributed by atoms with Gasteiger partial charge in [0, 0.05) is 11.4 Å². The maximum Gasteiger partial charge on any atom is 0.240 e. The summed E-state index contributed by atoms with van der Waals surface area (Å²) in [5, 5.41) is 2.03. The minimum atomic E-state index is -0.442. The van der Waals surface area contributed by atoms with Crippen molar-refractivity contribution in [1.29, 1.82) is 0 Å². The van der Waals surface area contributed by atoms with E-state index in [-0.39, 0.29) is 11.3 Å². The minimum Gasteiger partial charge on any atom is -0.336 e. The number of rotatable bonds is 4. The molecule has 1 atom stereocenters. The lowest BCUT2D eigenvalue weighted by Gasteiger charge is -2.31. The van der Waals surface area contributed by atoms with Gasteiger partial charge in [-0.25, -0.2) is 0 Å². The SMILES string of the molecule is CCN(Cc1cccs1)C(=O)[C@@H](N)C(C)(C)C. The van der Waals surface area contributed by atoms with Gasteiger partial charge in [-0.1, -0.05) is 26.8 Å². The molecule has 0 aromatic carbocycles. The van der Waals surface area contributed by atoms with Gasteiger partial charge in [0.2, 0.25) is 5.91 Å². The number of hydrogen-bond donors (Lipinski definition) is 1. The van der Waals surface area contributed by atoms with Crippen LogP contribution in [0.25, 0.3) is 0 Å². The lowest BCUT2D eigenvalue weighted by Crippen LogP contribution is -2.50. The fourth-order valence-electron chi connectivity index (χ4n) is 1.50. The number of carbonyl (C=O) groups excluding carboxylic acids is 1. The van der Waals surface area contributed by atoms with E-state index in [1.165, 1.54) is 4.88 Å². The Bertz CT molecular complexity index is 354. The zero-order valence-electron chi connectivity index (χ0n) is 11.1. The summed E-state index contributed by atoms with van der Waals surface area (Å²) in [6, 6.07) is 3.60. The molecule has 17 heavy (non-hydrogen) atoms. The fraction of sp³-hybridized carbons (Fsp3) is 0.615. The summed E-state index contributed by atoms with van der Waals surface area (Å²) < 4.78 is 0. The summed E-state index contributed by atoms with van der Waals surface area (Å²) in [6.07, 6.45) is 0. The molecule has 0 spiro atoms. The third-order valence-electron chi connectivity index (χ3n) is 2.82. The van der Waals surface area contributed by atoms with E-state index >= 15 is 0 Å². The Morgan fingerprint density at radius 2 is 2.18 bits per heavy atom. The molecule has 4 heteroatoms. The Morgan fingerprint density at radius 1 is 1.53 bits per heavy atom. The number of amides is 1. The monoisotopic (exact) mass is 254 g/mol. The number of thiophene rings is 1. The van der Waals surface area contributed by atoms with Gasteiger partial charge in [0.05, 0.1) is 12.6 Å². The quantitative estimate of drug-likeness (QED) is 0.897. The predicted octanol–water partition coefficient (Wildman–Crippen LogP) is 2.47. The van der Waals surface area contributed by atoms with Gasteiger partial charge < -0.3 is 10.6 Å². The molecule has 0 saturated heterocycles. The van der Waals surface area contributed by atoms with Crippen molar-refractivity contribution in [3.8, 4) is 0 Å².